The number of rotatable bonds is 6. The van der Waals surface area contributed by atoms with Crippen molar-refractivity contribution in [1.82, 2.24) is 15.2 Å². The van der Waals surface area contributed by atoms with Gasteiger partial charge >= 0.3 is 0 Å². The zero-order chi connectivity index (χ0) is 10.8. The number of likely N-dealkylation sites (tertiary alicyclic amines) is 1. The van der Waals surface area contributed by atoms with E-state index in [9.17, 15) is 0 Å². The third-order valence-electron chi connectivity index (χ3n) is 3.34. The molecular weight excluding hydrogens is 218 g/mol. The second-order valence-electron chi connectivity index (χ2n) is 4.94. The van der Waals surface area contributed by atoms with E-state index >= 15 is 0 Å². The zero-order valence-corrected chi connectivity index (χ0v) is 10.4. The molecule has 1 aromatic rings. The van der Waals surface area contributed by atoms with Gasteiger partial charge in [0.25, 0.3) is 0 Å². The summed E-state index contributed by atoms with van der Waals surface area (Å²) in [5.74, 6) is 0.959. The SMILES string of the molecule is c1sc(CNCC2CC2)nc1CN1CCC1. The molecule has 3 nitrogen and oxygen atoms in total. The minimum absolute atomic E-state index is 0.959. The van der Waals surface area contributed by atoms with Crippen molar-refractivity contribution in [2.24, 2.45) is 5.92 Å². The number of thiazole rings is 1. The van der Waals surface area contributed by atoms with Crippen molar-refractivity contribution in [3.05, 3.63) is 16.1 Å². The molecule has 1 saturated carbocycles. The van der Waals surface area contributed by atoms with Crippen molar-refractivity contribution < 1.29 is 0 Å². The molecule has 2 heterocycles. The fourth-order valence-corrected chi connectivity index (χ4v) is 2.73. The highest BCUT2D eigenvalue weighted by atomic mass is 32.1. The Morgan fingerprint density at radius 2 is 2.31 bits per heavy atom. The van der Waals surface area contributed by atoms with Gasteiger partial charge in [0.05, 0.1) is 5.69 Å². The Kier molecular flexibility index (Phi) is 3.22. The van der Waals surface area contributed by atoms with E-state index in [2.05, 4.69) is 20.6 Å². The van der Waals surface area contributed by atoms with Crippen LogP contribution in [-0.2, 0) is 13.1 Å². The summed E-state index contributed by atoms with van der Waals surface area (Å²) in [7, 11) is 0. The molecule has 0 spiro atoms. The topological polar surface area (TPSA) is 28.2 Å². The first-order chi connectivity index (χ1) is 7.90. The van der Waals surface area contributed by atoms with Gasteiger partial charge in [0.2, 0.25) is 0 Å². The number of aromatic nitrogens is 1. The van der Waals surface area contributed by atoms with Crippen LogP contribution >= 0.6 is 11.3 Å². The van der Waals surface area contributed by atoms with Gasteiger partial charge in [-0.2, -0.15) is 0 Å². The molecule has 3 rings (SSSR count). The lowest BCUT2D eigenvalue weighted by molar-refractivity contribution is 0.170. The highest BCUT2D eigenvalue weighted by Crippen LogP contribution is 2.27. The number of nitrogens with zero attached hydrogens (tertiary/aromatic N) is 2. The molecule has 2 aliphatic rings. The van der Waals surface area contributed by atoms with Crippen molar-refractivity contribution in [1.29, 1.82) is 0 Å². The Balaban J connectivity index is 1.43. The molecule has 1 aliphatic heterocycles. The highest BCUT2D eigenvalue weighted by Gasteiger charge is 2.20. The third kappa shape index (κ3) is 2.81. The third-order valence-corrected chi connectivity index (χ3v) is 4.24. The molecule has 2 fully saturated rings. The van der Waals surface area contributed by atoms with E-state index in [1.54, 1.807) is 11.3 Å². The van der Waals surface area contributed by atoms with Crippen molar-refractivity contribution >= 4 is 11.3 Å². The summed E-state index contributed by atoms with van der Waals surface area (Å²) >= 11 is 1.80. The van der Waals surface area contributed by atoms with Gasteiger partial charge in [-0.1, -0.05) is 0 Å². The van der Waals surface area contributed by atoms with Crippen LogP contribution < -0.4 is 5.32 Å². The predicted molar refractivity (Wildman–Crippen MR) is 66.4 cm³/mol. The van der Waals surface area contributed by atoms with Crippen LogP contribution in [0.3, 0.4) is 0 Å². The van der Waals surface area contributed by atoms with E-state index in [0.29, 0.717) is 0 Å². The summed E-state index contributed by atoms with van der Waals surface area (Å²) in [6.07, 6.45) is 4.20. The maximum atomic E-state index is 4.66. The summed E-state index contributed by atoms with van der Waals surface area (Å²) in [4.78, 5) is 7.12. The monoisotopic (exact) mass is 237 g/mol. The lowest BCUT2D eigenvalue weighted by Gasteiger charge is -2.29. The molecule has 1 aliphatic carbocycles. The lowest BCUT2D eigenvalue weighted by atomic mass is 10.2. The molecule has 1 aromatic heterocycles. The van der Waals surface area contributed by atoms with Crippen LogP contribution in [0.2, 0.25) is 0 Å². The summed E-state index contributed by atoms with van der Waals surface area (Å²) in [6, 6.07) is 0. The molecule has 1 saturated heterocycles. The number of nitrogens with one attached hydrogen (secondary N) is 1. The van der Waals surface area contributed by atoms with Crippen LogP contribution in [0.5, 0.6) is 0 Å². The van der Waals surface area contributed by atoms with E-state index in [0.717, 1.165) is 19.0 Å². The molecule has 0 atom stereocenters. The maximum absolute atomic E-state index is 4.66. The van der Waals surface area contributed by atoms with E-state index in [-0.39, 0.29) is 0 Å². The normalized spacial score (nSPS) is 21.0. The first-order valence-electron chi connectivity index (χ1n) is 6.26. The van der Waals surface area contributed by atoms with E-state index < -0.39 is 0 Å². The second-order valence-corrected chi connectivity index (χ2v) is 5.88. The molecule has 0 radical (unpaired) electrons. The molecule has 1 N–H and O–H groups in total. The molecule has 4 heteroatoms. The lowest BCUT2D eigenvalue weighted by Crippen LogP contribution is -2.36. The fraction of sp³-hybridized carbons (Fsp3) is 0.750. The van der Waals surface area contributed by atoms with Gasteiger partial charge in [-0.3, -0.25) is 4.90 Å². The van der Waals surface area contributed by atoms with Crippen LogP contribution in [-0.4, -0.2) is 29.5 Å². The Morgan fingerprint density at radius 3 is 3.00 bits per heavy atom. The summed E-state index contributed by atoms with van der Waals surface area (Å²) in [5.41, 5.74) is 1.26. The van der Waals surface area contributed by atoms with Gasteiger partial charge in [0.15, 0.2) is 0 Å². The molecule has 16 heavy (non-hydrogen) atoms. The average molecular weight is 237 g/mol. The van der Waals surface area contributed by atoms with Gasteiger partial charge in [-0.15, -0.1) is 11.3 Å². The number of hydrogen-bond donors (Lipinski definition) is 1. The van der Waals surface area contributed by atoms with Crippen molar-refractivity contribution in [2.45, 2.75) is 32.4 Å². The van der Waals surface area contributed by atoms with Gasteiger partial charge in [0, 0.05) is 18.5 Å². The Morgan fingerprint density at radius 1 is 1.44 bits per heavy atom. The molecule has 0 unspecified atom stereocenters. The van der Waals surface area contributed by atoms with Crippen LogP contribution in [0.1, 0.15) is 30.0 Å². The minimum Gasteiger partial charge on any atom is -0.310 e. The van der Waals surface area contributed by atoms with Crippen molar-refractivity contribution in [3.8, 4) is 0 Å². The van der Waals surface area contributed by atoms with E-state index in [1.807, 2.05) is 0 Å². The molecule has 88 valence electrons. The summed E-state index contributed by atoms with van der Waals surface area (Å²) < 4.78 is 0. The quantitative estimate of drug-likeness (QED) is 0.818. The van der Waals surface area contributed by atoms with Crippen LogP contribution in [0.15, 0.2) is 5.38 Å². The smallest absolute Gasteiger partial charge is 0.107 e. The van der Waals surface area contributed by atoms with E-state index in [4.69, 9.17) is 0 Å². The van der Waals surface area contributed by atoms with Crippen LogP contribution in [0.25, 0.3) is 0 Å². The van der Waals surface area contributed by atoms with Gasteiger partial charge in [-0.05, 0) is 44.8 Å². The fourth-order valence-electron chi connectivity index (χ4n) is 1.98. The minimum atomic E-state index is 0.959. The van der Waals surface area contributed by atoms with Crippen LogP contribution in [0, 0.1) is 5.92 Å². The Bertz CT molecular complexity index is 342. The molecular formula is C12H19N3S. The molecule has 0 bridgehead atoms. The predicted octanol–water partition coefficient (Wildman–Crippen LogP) is 1.85. The number of hydrogen-bond acceptors (Lipinski definition) is 4. The largest absolute Gasteiger partial charge is 0.310 e. The highest BCUT2D eigenvalue weighted by molar-refractivity contribution is 7.09. The standard InChI is InChI=1S/C12H19N3S/c1-4-15(5-1)8-11-9-16-12(14-11)7-13-6-10-2-3-10/h9-10,13H,1-8H2. The second kappa shape index (κ2) is 4.82. The summed E-state index contributed by atoms with van der Waals surface area (Å²) in [6.45, 7) is 5.71. The maximum Gasteiger partial charge on any atom is 0.107 e. The zero-order valence-electron chi connectivity index (χ0n) is 9.61. The van der Waals surface area contributed by atoms with Crippen molar-refractivity contribution in [2.75, 3.05) is 19.6 Å². The Labute approximate surface area is 101 Å². The summed E-state index contributed by atoms with van der Waals surface area (Å²) in [5, 5.41) is 6.95. The molecule has 0 aromatic carbocycles. The van der Waals surface area contributed by atoms with Crippen molar-refractivity contribution in [3.63, 3.8) is 0 Å². The van der Waals surface area contributed by atoms with Gasteiger partial charge in [0.1, 0.15) is 5.01 Å². The first kappa shape index (κ1) is 10.7. The van der Waals surface area contributed by atoms with E-state index in [1.165, 1.54) is 49.6 Å². The van der Waals surface area contributed by atoms with Crippen LogP contribution in [0.4, 0.5) is 0 Å². The van der Waals surface area contributed by atoms with Gasteiger partial charge < -0.3 is 5.32 Å². The molecule has 0 amide bonds. The van der Waals surface area contributed by atoms with Gasteiger partial charge in [-0.25, -0.2) is 4.98 Å². The Hall–Kier alpha value is -0.450. The average Bonchev–Trinajstić information content (AvgIpc) is 2.92. The first-order valence-corrected chi connectivity index (χ1v) is 7.14.